The van der Waals surface area contributed by atoms with Crippen molar-refractivity contribution in [2.75, 3.05) is 6.54 Å². The summed E-state index contributed by atoms with van der Waals surface area (Å²) in [5.41, 5.74) is 0.996. The number of rotatable bonds is 3. The molecule has 1 aromatic rings. The predicted octanol–water partition coefficient (Wildman–Crippen LogP) is 2.18. The minimum atomic E-state index is -0.436. The van der Waals surface area contributed by atoms with Crippen LogP contribution in [0.1, 0.15) is 38.1 Å². The topological polar surface area (TPSA) is 49.4 Å². The second-order valence-electron chi connectivity index (χ2n) is 6.28. The number of carbonyl (C=O) groups excluding carboxylic acids is 2. The minimum absolute atomic E-state index is 0.0209. The maximum absolute atomic E-state index is 12.6. The van der Waals surface area contributed by atoms with Crippen LogP contribution in [0.4, 0.5) is 0 Å². The first-order chi connectivity index (χ1) is 9.32. The van der Waals surface area contributed by atoms with Crippen LogP contribution in [0.5, 0.6) is 0 Å². The molecule has 2 rings (SSSR count). The molecule has 0 radical (unpaired) electrons. The van der Waals surface area contributed by atoms with Crippen molar-refractivity contribution in [1.82, 2.24) is 10.2 Å². The Bertz CT molecular complexity index is 516. The van der Waals surface area contributed by atoms with Gasteiger partial charge < -0.3 is 10.2 Å². The molecule has 0 saturated carbocycles. The Balaban J connectivity index is 2.19. The van der Waals surface area contributed by atoms with E-state index in [0.29, 0.717) is 6.54 Å². The Kier molecular flexibility index (Phi) is 4.18. The lowest BCUT2D eigenvalue weighted by Gasteiger charge is -2.38. The quantitative estimate of drug-likeness (QED) is 0.929. The van der Waals surface area contributed by atoms with Gasteiger partial charge in [0, 0.05) is 4.88 Å². The maximum Gasteiger partial charge on any atom is 0.246 e. The molecule has 5 heteroatoms. The zero-order valence-electron chi connectivity index (χ0n) is 12.5. The summed E-state index contributed by atoms with van der Waals surface area (Å²) in [5.74, 6) is -0.0494. The van der Waals surface area contributed by atoms with Crippen LogP contribution >= 0.6 is 11.3 Å². The fourth-order valence-electron chi connectivity index (χ4n) is 2.42. The van der Waals surface area contributed by atoms with Crippen LogP contribution in [-0.4, -0.2) is 29.3 Å². The van der Waals surface area contributed by atoms with Gasteiger partial charge in [-0.15, -0.1) is 11.3 Å². The molecule has 2 amide bonds. The smallest absolute Gasteiger partial charge is 0.246 e. The molecule has 1 aliphatic rings. The molecular formula is C15H22N2O2S. The molecule has 1 atom stereocenters. The SMILES string of the molecule is CCc1ccsc1CN1CC(=O)NC(C(C)(C)C)C1=O. The molecule has 1 aromatic heterocycles. The van der Waals surface area contributed by atoms with Crippen LogP contribution in [0.3, 0.4) is 0 Å². The van der Waals surface area contributed by atoms with Crippen molar-refractivity contribution in [2.24, 2.45) is 5.41 Å². The van der Waals surface area contributed by atoms with Crippen LogP contribution in [0, 0.1) is 5.41 Å². The summed E-state index contributed by atoms with van der Waals surface area (Å²) in [5, 5.41) is 4.86. The molecule has 1 unspecified atom stereocenters. The third-order valence-corrected chi connectivity index (χ3v) is 4.57. The second-order valence-corrected chi connectivity index (χ2v) is 7.28. The van der Waals surface area contributed by atoms with Gasteiger partial charge in [0.25, 0.3) is 0 Å². The largest absolute Gasteiger partial charge is 0.342 e. The van der Waals surface area contributed by atoms with E-state index in [2.05, 4.69) is 18.3 Å². The van der Waals surface area contributed by atoms with E-state index in [1.165, 1.54) is 10.4 Å². The van der Waals surface area contributed by atoms with Gasteiger partial charge in [0.15, 0.2) is 0 Å². The standard InChI is InChI=1S/C15H22N2O2S/c1-5-10-6-7-20-11(10)8-17-9-12(18)16-13(14(17)19)15(2,3)4/h6-7,13H,5,8-9H2,1-4H3,(H,16,18). The van der Waals surface area contributed by atoms with Crippen LogP contribution in [0.2, 0.25) is 0 Å². The fraction of sp³-hybridized carbons (Fsp3) is 0.600. The van der Waals surface area contributed by atoms with Gasteiger partial charge in [-0.3, -0.25) is 9.59 Å². The molecule has 0 aliphatic carbocycles. The van der Waals surface area contributed by atoms with E-state index in [9.17, 15) is 9.59 Å². The first-order valence-electron chi connectivity index (χ1n) is 6.96. The minimum Gasteiger partial charge on any atom is -0.342 e. The van der Waals surface area contributed by atoms with Crippen LogP contribution in [0.25, 0.3) is 0 Å². The van der Waals surface area contributed by atoms with Crippen LogP contribution in [0.15, 0.2) is 11.4 Å². The van der Waals surface area contributed by atoms with Gasteiger partial charge in [-0.05, 0) is 28.8 Å². The Labute approximate surface area is 124 Å². The summed E-state index contributed by atoms with van der Waals surface area (Å²) < 4.78 is 0. The average molecular weight is 294 g/mol. The van der Waals surface area contributed by atoms with Crippen molar-refractivity contribution in [3.05, 3.63) is 21.9 Å². The number of hydrogen-bond acceptors (Lipinski definition) is 3. The first-order valence-corrected chi connectivity index (χ1v) is 7.84. The molecule has 4 nitrogen and oxygen atoms in total. The van der Waals surface area contributed by atoms with Crippen molar-refractivity contribution in [1.29, 1.82) is 0 Å². The Morgan fingerprint density at radius 3 is 2.70 bits per heavy atom. The number of aryl methyl sites for hydroxylation is 1. The third-order valence-electron chi connectivity index (χ3n) is 3.62. The molecule has 0 spiro atoms. The number of hydrogen-bond donors (Lipinski definition) is 1. The van der Waals surface area contributed by atoms with Gasteiger partial charge in [0.2, 0.25) is 11.8 Å². The zero-order chi connectivity index (χ0) is 14.9. The fourth-order valence-corrected chi connectivity index (χ4v) is 3.41. The lowest BCUT2D eigenvalue weighted by Crippen LogP contribution is -2.61. The second kappa shape index (κ2) is 5.56. The number of carbonyl (C=O) groups is 2. The highest BCUT2D eigenvalue weighted by atomic mass is 32.1. The van der Waals surface area contributed by atoms with E-state index in [1.54, 1.807) is 16.2 Å². The molecule has 0 aromatic carbocycles. The van der Waals surface area contributed by atoms with Crippen molar-refractivity contribution in [2.45, 2.75) is 46.7 Å². The number of piperazine rings is 1. The number of amides is 2. The summed E-state index contributed by atoms with van der Waals surface area (Å²) in [7, 11) is 0. The molecule has 1 saturated heterocycles. The number of nitrogens with zero attached hydrogens (tertiary/aromatic N) is 1. The Hall–Kier alpha value is -1.36. The summed E-state index contributed by atoms with van der Waals surface area (Å²) in [6.45, 7) is 8.73. The van der Waals surface area contributed by atoms with Gasteiger partial charge in [0.05, 0.1) is 13.1 Å². The van der Waals surface area contributed by atoms with E-state index >= 15 is 0 Å². The molecule has 1 N–H and O–H groups in total. The summed E-state index contributed by atoms with van der Waals surface area (Å²) in [6.07, 6.45) is 0.954. The monoisotopic (exact) mass is 294 g/mol. The summed E-state index contributed by atoms with van der Waals surface area (Å²) in [6, 6.07) is 1.66. The summed E-state index contributed by atoms with van der Waals surface area (Å²) >= 11 is 1.65. The van der Waals surface area contributed by atoms with Gasteiger partial charge in [-0.1, -0.05) is 27.7 Å². The lowest BCUT2D eigenvalue weighted by atomic mass is 9.85. The molecule has 0 bridgehead atoms. The Morgan fingerprint density at radius 2 is 2.10 bits per heavy atom. The van der Waals surface area contributed by atoms with Crippen molar-refractivity contribution < 1.29 is 9.59 Å². The van der Waals surface area contributed by atoms with Crippen molar-refractivity contribution >= 4 is 23.2 Å². The van der Waals surface area contributed by atoms with Gasteiger partial charge in [0.1, 0.15) is 6.04 Å². The predicted molar refractivity (Wildman–Crippen MR) is 80.5 cm³/mol. The highest BCUT2D eigenvalue weighted by molar-refractivity contribution is 7.10. The van der Waals surface area contributed by atoms with E-state index in [1.807, 2.05) is 26.2 Å². The van der Waals surface area contributed by atoms with Crippen molar-refractivity contribution in [3.63, 3.8) is 0 Å². The van der Waals surface area contributed by atoms with Crippen molar-refractivity contribution in [3.8, 4) is 0 Å². The van der Waals surface area contributed by atoms with Crippen LogP contribution < -0.4 is 5.32 Å². The van der Waals surface area contributed by atoms with E-state index in [-0.39, 0.29) is 23.8 Å². The maximum atomic E-state index is 12.6. The zero-order valence-corrected chi connectivity index (χ0v) is 13.3. The van der Waals surface area contributed by atoms with E-state index in [0.717, 1.165) is 6.42 Å². The molecule has 2 heterocycles. The molecular weight excluding hydrogens is 272 g/mol. The molecule has 1 fully saturated rings. The Morgan fingerprint density at radius 1 is 1.40 bits per heavy atom. The third kappa shape index (κ3) is 3.03. The van der Waals surface area contributed by atoms with Crippen LogP contribution in [-0.2, 0) is 22.6 Å². The van der Waals surface area contributed by atoms with E-state index in [4.69, 9.17) is 0 Å². The lowest BCUT2D eigenvalue weighted by molar-refractivity contribution is -0.147. The normalized spacial score (nSPS) is 20.2. The van der Waals surface area contributed by atoms with E-state index < -0.39 is 6.04 Å². The molecule has 110 valence electrons. The van der Waals surface area contributed by atoms with Gasteiger partial charge >= 0.3 is 0 Å². The average Bonchev–Trinajstić information content (AvgIpc) is 2.79. The number of nitrogens with one attached hydrogen (secondary N) is 1. The highest BCUT2D eigenvalue weighted by Crippen LogP contribution is 2.26. The number of thiophene rings is 1. The molecule has 20 heavy (non-hydrogen) atoms. The summed E-state index contributed by atoms with van der Waals surface area (Å²) in [4.78, 5) is 27.3. The first kappa shape index (κ1) is 15.0. The van der Waals surface area contributed by atoms with Gasteiger partial charge in [-0.25, -0.2) is 0 Å². The van der Waals surface area contributed by atoms with Gasteiger partial charge in [-0.2, -0.15) is 0 Å². The highest BCUT2D eigenvalue weighted by Gasteiger charge is 2.39. The molecule has 1 aliphatic heterocycles.